The van der Waals surface area contributed by atoms with E-state index in [1.807, 2.05) is 26.0 Å². The van der Waals surface area contributed by atoms with Crippen LogP contribution in [-0.4, -0.2) is 32.6 Å². The Labute approximate surface area is 177 Å². The molecule has 2 aliphatic rings. The van der Waals surface area contributed by atoms with Crippen LogP contribution >= 0.6 is 0 Å². The minimum absolute atomic E-state index is 0.274. The quantitative estimate of drug-likeness (QED) is 0.464. The number of ether oxygens (including phenoxy) is 2. The van der Waals surface area contributed by atoms with Crippen molar-refractivity contribution in [1.82, 2.24) is 0 Å². The average molecular weight is 405 g/mol. The van der Waals surface area contributed by atoms with E-state index < -0.39 is 11.2 Å². The van der Waals surface area contributed by atoms with Crippen molar-refractivity contribution in [3.8, 4) is 0 Å². The maximum Gasteiger partial charge on any atom is 0.126 e. The van der Waals surface area contributed by atoms with Crippen LogP contribution in [0.15, 0.2) is 47.0 Å². The molecule has 0 aromatic carbocycles. The second kappa shape index (κ2) is 8.31. The van der Waals surface area contributed by atoms with Crippen LogP contribution in [0.5, 0.6) is 0 Å². The highest BCUT2D eigenvalue weighted by Gasteiger charge is 2.40. The summed E-state index contributed by atoms with van der Waals surface area (Å²) in [7, 11) is 0. The van der Waals surface area contributed by atoms with Gasteiger partial charge in [-0.25, -0.2) is 0 Å². The predicted octanol–water partition coefficient (Wildman–Crippen LogP) is 6.85. The fraction of sp³-hybridized carbons (Fsp3) is 0.680. The molecule has 29 heavy (non-hydrogen) atoms. The summed E-state index contributed by atoms with van der Waals surface area (Å²) in [6.07, 6.45) is 11.3. The Kier molecular flexibility index (Phi) is 6.81. The molecule has 0 aromatic rings. The molecule has 4 heteroatoms. The molecule has 0 spiro atoms. The summed E-state index contributed by atoms with van der Waals surface area (Å²) in [5.41, 5.74) is 0.346. The lowest BCUT2D eigenvalue weighted by Gasteiger charge is -2.41. The molecule has 0 aliphatic heterocycles. The molecule has 2 aliphatic carbocycles. The molecule has 4 nitrogen and oxygen atoms in total. The highest BCUT2D eigenvalue weighted by Crippen LogP contribution is 2.41. The molecule has 0 heterocycles. The number of allylic oxidation sites excluding steroid dienone is 4. The molecule has 0 amide bonds. The summed E-state index contributed by atoms with van der Waals surface area (Å²) in [5.74, 6) is 0.548. The van der Waals surface area contributed by atoms with Crippen LogP contribution in [-0.2, 0) is 9.47 Å². The number of rotatable bonds is 8. The Hall–Kier alpha value is -1.52. The SMILES string of the molecule is CCC(C)(C)OC1(C)CC(CC2=CC=C(O)C(C)(OC(C)(C)CC)C2)=CC=C1O. The van der Waals surface area contributed by atoms with Crippen molar-refractivity contribution >= 4 is 0 Å². The lowest BCUT2D eigenvalue weighted by molar-refractivity contribution is -0.130. The molecular formula is C25H40O4. The van der Waals surface area contributed by atoms with Gasteiger partial charge in [-0.2, -0.15) is 0 Å². The summed E-state index contributed by atoms with van der Waals surface area (Å²) >= 11 is 0. The smallest absolute Gasteiger partial charge is 0.126 e. The highest BCUT2D eigenvalue weighted by molar-refractivity contribution is 5.36. The lowest BCUT2D eigenvalue weighted by Crippen LogP contribution is -2.42. The number of hydrogen-bond acceptors (Lipinski definition) is 4. The molecule has 2 rings (SSSR count). The van der Waals surface area contributed by atoms with Crippen LogP contribution < -0.4 is 0 Å². The van der Waals surface area contributed by atoms with Crippen LogP contribution in [0.3, 0.4) is 0 Å². The maximum atomic E-state index is 10.5. The Balaban J connectivity index is 2.16. The van der Waals surface area contributed by atoms with Crippen molar-refractivity contribution in [1.29, 1.82) is 0 Å². The molecule has 0 saturated carbocycles. The van der Waals surface area contributed by atoms with Gasteiger partial charge in [0.15, 0.2) is 0 Å². The second-order valence-electron chi connectivity index (χ2n) is 10.2. The van der Waals surface area contributed by atoms with Crippen LogP contribution in [0.25, 0.3) is 0 Å². The lowest BCUT2D eigenvalue weighted by atomic mass is 9.81. The predicted molar refractivity (Wildman–Crippen MR) is 119 cm³/mol. The molecule has 2 unspecified atom stereocenters. The van der Waals surface area contributed by atoms with E-state index in [4.69, 9.17) is 9.47 Å². The monoisotopic (exact) mass is 404 g/mol. The molecule has 2 atom stereocenters. The third-order valence-corrected chi connectivity index (χ3v) is 6.33. The van der Waals surface area contributed by atoms with Gasteiger partial charge < -0.3 is 19.7 Å². The second-order valence-corrected chi connectivity index (χ2v) is 10.2. The largest absolute Gasteiger partial charge is 0.509 e. The van der Waals surface area contributed by atoms with Crippen molar-refractivity contribution in [2.75, 3.05) is 0 Å². The van der Waals surface area contributed by atoms with Gasteiger partial charge in [-0.05, 0) is 73.0 Å². The Morgan fingerprint density at radius 2 is 1.10 bits per heavy atom. The van der Waals surface area contributed by atoms with Crippen LogP contribution in [0.1, 0.15) is 87.5 Å². The van der Waals surface area contributed by atoms with E-state index in [0.717, 1.165) is 19.3 Å². The van der Waals surface area contributed by atoms with Gasteiger partial charge in [0.2, 0.25) is 0 Å². The van der Waals surface area contributed by atoms with Crippen LogP contribution in [0.4, 0.5) is 0 Å². The van der Waals surface area contributed by atoms with Gasteiger partial charge in [-0.15, -0.1) is 0 Å². The van der Waals surface area contributed by atoms with Crippen molar-refractivity contribution in [2.24, 2.45) is 0 Å². The first-order valence-electron chi connectivity index (χ1n) is 10.8. The van der Waals surface area contributed by atoms with Gasteiger partial charge >= 0.3 is 0 Å². The zero-order valence-electron chi connectivity index (χ0n) is 19.6. The molecule has 0 fully saturated rings. The maximum absolute atomic E-state index is 10.5. The summed E-state index contributed by atoms with van der Waals surface area (Å²) < 4.78 is 12.7. The average Bonchev–Trinajstić information content (AvgIpc) is 2.60. The van der Waals surface area contributed by atoms with Crippen molar-refractivity contribution in [2.45, 2.75) is 110 Å². The van der Waals surface area contributed by atoms with Crippen molar-refractivity contribution in [3.63, 3.8) is 0 Å². The van der Waals surface area contributed by atoms with Crippen LogP contribution in [0.2, 0.25) is 0 Å². The zero-order chi connectivity index (χ0) is 22.1. The van der Waals surface area contributed by atoms with Gasteiger partial charge in [-0.1, -0.05) is 37.1 Å². The zero-order valence-corrected chi connectivity index (χ0v) is 19.6. The molecule has 164 valence electrons. The first kappa shape index (κ1) is 23.8. The summed E-state index contributed by atoms with van der Waals surface area (Å²) in [6.45, 7) is 16.3. The van der Waals surface area contributed by atoms with Gasteiger partial charge in [0, 0.05) is 12.8 Å². The molecule has 0 saturated heterocycles. The fourth-order valence-electron chi connectivity index (χ4n) is 3.99. The van der Waals surface area contributed by atoms with E-state index in [1.54, 1.807) is 12.2 Å². The van der Waals surface area contributed by atoms with Crippen molar-refractivity contribution in [3.05, 3.63) is 47.0 Å². The standard InChI is InChI=1S/C25H40O4/c1-9-22(3,4)28-24(7)16-18(11-13-20(24)26)15-19-12-14-21(27)25(8,17-19)29-23(5,6)10-2/h11-14,26-27H,9-10,15-17H2,1-8H3. The molecular weight excluding hydrogens is 364 g/mol. The van der Waals surface area contributed by atoms with E-state index in [0.29, 0.717) is 12.8 Å². The van der Waals surface area contributed by atoms with E-state index in [9.17, 15) is 10.2 Å². The summed E-state index contributed by atoms with van der Waals surface area (Å²) in [6, 6.07) is 0. The molecule has 0 radical (unpaired) electrons. The van der Waals surface area contributed by atoms with Crippen molar-refractivity contribution < 1.29 is 19.7 Å². The Bertz CT molecular complexity index is 676. The topological polar surface area (TPSA) is 58.9 Å². The van der Waals surface area contributed by atoms with Crippen LogP contribution in [0, 0.1) is 0 Å². The van der Waals surface area contributed by atoms with Gasteiger partial charge in [0.25, 0.3) is 0 Å². The first-order valence-corrected chi connectivity index (χ1v) is 10.8. The van der Waals surface area contributed by atoms with E-state index in [2.05, 4.69) is 41.5 Å². The van der Waals surface area contributed by atoms with E-state index in [-0.39, 0.29) is 22.7 Å². The molecule has 2 N–H and O–H groups in total. The fourth-order valence-corrected chi connectivity index (χ4v) is 3.99. The van der Waals surface area contributed by atoms with Gasteiger partial charge in [0.05, 0.1) is 11.2 Å². The minimum Gasteiger partial charge on any atom is -0.509 e. The third kappa shape index (κ3) is 5.76. The number of hydrogen-bond donors (Lipinski definition) is 2. The normalized spacial score (nSPS) is 28.4. The third-order valence-electron chi connectivity index (χ3n) is 6.33. The van der Waals surface area contributed by atoms with Gasteiger partial charge in [-0.3, -0.25) is 0 Å². The highest BCUT2D eigenvalue weighted by atomic mass is 16.5. The minimum atomic E-state index is -0.721. The summed E-state index contributed by atoms with van der Waals surface area (Å²) in [5, 5.41) is 21.0. The Morgan fingerprint density at radius 3 is 1.41 bits per heavy atom. The molecule has 0 bridgehead atoms. The number of aliphatic hydroxyl groups is 2. The van der Waals surface area contributed by atoms with E-state index >= 15 is 0 Å². The number of aliphatic hydroxyl groups excluding tert-OH is 2. The molecule has 0 aromatic heterocycles. The summed E-state index contributed by atoms with van der Waals surface area (Å²) in [4.78, 5) is 0. The van der Waals surface area contributed by atoms with E-state index in [1.165, 1.54) is 11.1 Å². The Morgan fingerprint density at radius 1 is 0.759 bits per heavy atom. The first-order chi connectivity index (χ1) is 13.2. The van der Waals surface area contributed by atoms with Gasteiger partial charge in [0.1, 0.15) is 22.7 Å².